The summed E-state index contributed by atoms with van der Waals surface area (Å²) in [6.45, 7) is 4.42. The molecule has 2 unspecified atom stereocenters. The Balaban J connectivity index is 2.35. The van der Waals surface area contributed by atoms with Gasteiger partial charge in [-0.25, -0.2) is 0 Å². The van der Waals surface area contributed by atoms with Gasteiger partial charge in [-0.15, -0.1) is 0 Å². The highest BCUT2D eigenvalue weighted by Crippen LogP contribution is 2.34. The van der Waals surface area contributed by atoms with E-state index in [4.69, 9.17) is 0 Å². The molecule has 0 nitrogen and oxygen atoms in total. The molecule has 1 saturated carbocycles. The van der Waals surface area contributed by atoms with Crippen molar-refractivity contribution in [3.8, 4) is 0 Å². The Bertz CT molecular complexity index is 179. The second-order valence-electron chi connectivity index (χ2n) is 3.61. The number of allylic oxidation sites excluding steroid dienone is 4. The number of hydrogen-bond donors (Lipinski definition) is 0. The van der Waals surface area contributed by atoms with Crippen molar-refractivity contribution in [2.24, 2.45) is 11.8 Å². The molecule has 0 N–H and O–H groups in total. The van der Waals surface area contributed by atoms with Crippen molar-refractivity contribution in [2.75, 3.05) is 0 Å². The molecule has 0 heterocycles. The summed E-state index contributed by atoms with van der Waals surface area (Å²) in [6, 6.07) is 0. The van der Waals surface area contributed by atoms with Crippen molar-refractivity contribution in [3.05, 3.63) is 23.7 Å². The van der Waals surface area contributed by atoms with E-state index in [1.165, 1.54) is 18.3 Å². The highest BCUT2D eigenvalue weighted by atomic mass is 14.3. The summed E-state index contributed by atoms with van der Waals surface area (Å²) < 4.78 is 0. The maximum absolute atomic E-state index is 2.36. The molecular formula is C10H17B. The Hall–Kier alpha value is -0.455. The van der Waals surface area contributed by atoms with Crippen molar-refractivity contribution >= 4 is 7.85 Å². The van der Waals surface area contributed by atoms with Gasteiger partial charge in [0.05, 0.1) is 0 Å². The Morgan fingerprint density at radius 3 is 2.55 bits per heavy atom. The number of rotatable bonds is 2. The largest absolute Gasteiger partial charge is 0.138 e. The minimum Gasteiger partial charge on any atom is -0.0940 e. The van der Waals surface area contributed by atoms with Crippen LogP contribution in [-0.4, -0.2) is 7.85 Å². The minimum atomic E-state index is 0.866. The highest BCUT2D eigenvalue weighted by molar-refractivity contribution is 6.23. The van der Waals surface area contributed by atoms with Gasteiger partial charge in [-0.1, -0.05) is 30.6 Å². The van der Waals surface area contributed by atoms with Crippen LogP contribution in [0.15, 0.2) is 23.7 Å². The molecule has 60 valence electrons. The van der Waals surface area contributed by atoms with Gasteiger partial charge in [0.2, 0.25) is 0 Å². The Morgan fingerprint density at radius 1 is 1.45 bits per heavy atom. The monoisotopic (exact) mass is 148 g/mol. The van der Waals surface area contributed by atoms with Crippen LogP contribution in [0, 0.1) is 11.8 Å². The van der Waals surface area contributed by atoms with E-state index in [0.717, 1.165) is 11.8 Å². The first-order valence-corrected chi connectivity index (χ1v) is 4.55. The smallest absolute Gasteiger partial charge is 0.0940 e. The molecule has 0 amide bonds. The van der Waals surface area contributed by atoms with Gasteiger partial charge in [-0.2, -0.15) is 0 Å². The van der Waals surface area contributed by atoms with Gasteiger partial charge in [0.15, 0.2) is 0 Å². The maximum Gasteiger partial charge on any atom is 0.138 e. The van der Waals surface area contributed by atoms with E-state index < -0.39 is 0 Å². The zero-order valence-corrected chi connectivity index (χ0v) is 7.80. The molecular weight excluding hydrogens is 131 g/mol. The summed E-state index contributed by atoms with van der Waals surface area (Å²) in [5.41, 5.74) is 1.38. The summed E-state index contributed by atoms with van der Waals surface area (Å²) in [6.07, 6.45) is 9.59. The van der Waals surface area contributed by atoms with Gasteiger partial charge in [-0.3, -0.25) is 0 Å². The Labute approximate surface area is 70.8 Å². The molecule has 0 bridgehead atoms. The van der Waals surface area contributed by atoms with Crippen molar-refractivity contribution < 1.29 is 0 Å². The standard InChI is InChI=1S/C10H17B/c1-3-10(11)7-6-9-5-4-8(9)2/h3,6-9H,4-5,11H2,1-2H3/b7-6-,10-3+. The normalized spacial score (nSPS) is 32.4. The minimum absolute atomic E-state index is 0.866. The Kier molecular flexibility index (Phi) is 2.98. The van der Waals surface area contributed by atoms with Gasteiger partial charge in [0, 0.05) is 0 Å². The van der Waals surface area contributed by atoms with E-state index >= 15 is 0 Å². The predicted molar refractivity (Wildman–Crippen MR) is 53.3 cm³/mol. The average molecular weight is 148 g/mol. The number of hydrogen-bond acceptors (Lipinski definition) is 0. The lowest BCUT2D eigenvalue weighted by atomic mass is 9.74. The van der Waals surface area contributed by atoms with E-state index in [2.05, 4.69) is 39.9 Å². The van der Waals surface area contributed by atoms with Gasteiger partial charge in [0.25, 0.3) is 0 Å². The molecule has 2 atom stereocenters. The fourth-order valence-corrected chi connectivity index (χ4v) is 1.35. The van der Waals surface area contributed by atoms with Crippen LogP contribution in [0.3, 0.4) is 0 Å². The van der Waals surface area contributed by atoms with E-state index in [9.17, 15) is 0 Å². The molecule has 0 saturated heterocycles. The van der Waals surface area contributed by atoms with Gasteiger partial charge in [-0.05, 0) is 31.6 Å². The average Bonchev–Trinajstić information content (AvgIpc) is 2.01. The topological polar surface area (TPSA) is 0 Å². The van der Waals surface area contributed by atoms with Crippen LogP contribution in [0.5, 0.6) is 0 Å². The fraction of sp³-hybridized carbons (Fsp3) is 0.600. The van der Waals surface area contributed by atoms with E-state index in [1.807, 2.05) is 0 Å². The lowest BCUT2D eigenvalue weighted by molar-refractivity contribution is 0.251. The summed E-state index contributed by atoms with van der Waals surface area (Å²) in [7, 11) is 2.15. The van der Waals surface area contributed by atoms with Crippen LogP contribution in [0.1, 0.15) is 26.7 Å². The molecule has 1 fully saturated rings. The highest BCUT2D eigenvalue weighted by Gasteiger charge is 2.23. The van der Waals surface area contributed by atoms with Crippen LogP contribution in [0.25, 0.3) is 0 Å². The van der Waals surface area contributed by atoms with Crippen molar-refractivity contribution in [1.82, 2.24) is 0 Å². The molecule has 0 aromatic carbocycles. The molecule has 0 aromatic heterocycles. The molecule has 1 aliphatic carbocycles. The first-order chi connectivity index (χ1) is 5.24. The molecule has 0 spiro atoms. The van der Waals surface area contributed by atoms with Crippen LogP contribution in [0.4, 0.5) is 0 Å². The zero-order chi connectivity index (χ0) is 8.27. The molecule has 1 rings (SSSR count). The third kappa shape index (κ3) is 2.25. The molecule has 1 heteroatoms. The third-order valence-corrected chi connectivity index (χ3v) is 2.75. The summed E-state index contributed by atoms with van der Waals surface area (Å²) in [5, 5.41) is 0. The van der Waals surface area contributed by atoms with E-state index in [-0.39, 0.29) is 0 Å². The molecule has 11 heavy (non-hydrogen) atoms. The summed E-state index contributed by atoms with van der Waals surface area (Å²) >= 11 is 0. The van der Waals surface area contributed by atoms with Crippen LogP contribution in [0.2, 0.25) is 0 Å². The first kappa shape index (κ1) is 8.64. The third-order valence-electron chi connectivity index (χ3n) is 2.75. The quantitative estimate of drug-likeness (QED) is 0.415. The van der Waals surface area contributed by atoms with Crippen molar-refractivity contribution in [2.45, 2.75) is 26.7 Å². The van der Waals surface area contributed by atoms with Crippen LogP contribution in [-0.2, 0) is 0 Å². The fourth-order valence-electron chi connectivity index (χ4n) is 1.35. The maximum atomic E-state index is 2.36. The van der Waals surface area contributed by atoms with E-state index in [0.29, 0.717) is 0 Å². The zero-order valence-electron chi connectivity index (χ0n) is 7.80. The van der Waals surface area contributed by atoms with Crippen LogP contribution < -0.4 is 0 Å². The first-order valence-electron chi connectivity index (χ1n) is 4.55. The SMILES string of the molecule is BC(/C=C\C1CCC1C)=C/C. The van der Waals surface area contributed by atoms with Crippen molar-refractivity contribution in [1.29, 1.82) is 0 Å². The molecule has 0 radical (unpaired) electrons. The van der Waals surface area contributed by atoms with Gasteiger partial charge < -0.3 is 0 Å². The Morgan fingerprint density at radius 2 is 2.18 bits per heavy atom. The molecule has 0 aromatic rings. The van der Waals surface area contributed by atoms with Gasteiger partial charge >= 0.3 is 0 Å². The van der Waals surface area contributed by atoms with E-state index in [1.54, 1.807) is 0 Å². The summed E-state index contributed by atoms with van der Waals surface area (Å²) in [4.78, 5) is 0. The second kappa shape index (κ2) is 3.80. The molecule has 0 aliphatic heterocycles. The van der Waals surface area contributed by atoms with Crippen LogP contribution >= 0.6 is 0 Å². The summed E-state index contributed by atoms with van der Waals surface area (Å²) in [5.74, 6) is 1.79. The van der Waals surface area contributed by atoms with Crippen molar-refractivity contribution in [3.63, 3.8) is 0 Å². The lowest BCUT2D eigenvalue weighted by Crippen LogP contribution is -2.20. The molecule has 1 aliphatic rings. The predicted octanol–water partition coefficient (Wildman–Crippen LogP) is 2.13. The lowest BCUT2D eigenvalue weighted by Gasteiger charge is -2.31. The van der Waals surface area contributed by atoms with Gasteiger partial charge in [0.1, 0.15) is 7.85 Å². The second-order valence-corrected chi connectivity index (χ2v) is 3.61.